The Kier molecular flexibility index (Phi) is 3.05. The number of nitro benzene ring substituents is 1. The molecule has 1 heterocycles. The zero-order valence-electron chi connectivity index (χ0n) is 10.8. The molecule has 1 aliphatic rings. The van der Waals surface area contributed by atoms with Crippen LogP contribution in [-0.4, -0.2) is 16.1 Å². The highest BCUT2D eigenvalue weighted by atomic mass is 16.6. The van der Waals surface area contributed by atoms with E-state index in [-0.39, 0.29) is 5.69 Å². The minimum Gasteiger partial charge on any atom is -0.481 e. The number of fused-ring (bicyclic) bond motifs is 3. The Morgan fingerprint density at radius 2 is 2.05 bits per heavy atom. The molecule has 2 atom stereocenters. The molecule has 2 unspecified atom stereocenters. The Hall–Kier alpha value is -2.91. The van der Waals surface area contributed by atoms with Crippen LogP contribution in [0.3, 0.4) is 0 Å². The van der Waals surface area contributed by atoms with Gasteiger partial charge in [-0.15, -0.1) is 0 Å². The van der Waals surface area contributed by atoms with Crippen molar-refractivity contribution in [2.45, 2.75) is 12.2 Å². The van der Waals surface area contributed by atoms with Crippen LogP contribution in [0.1, 0.15) is 11.7 Å². The van der Waals surface area contributed by atoms with Crippen LogP contribution in [0.25, 0.3) is 11.1 Å². The third-order valence-corrected chi connectivity index (χ3v) is 3.40. The molecule has 0 fully saturated rings. The second-order valence-corrected chi connectivity index (χ2v) is 4.64. The summed E-state index contributed by atoms with van der Waals surface area (Å²) in [6.07, 6.45) is -2.12. The van der Waals surface area contributed by atoms with Crippen LogP contribution in [0.5, 0.6) is 5.75 Å². The maximum atomic E-state index is 10.9. The minimum absolute atomic E-state index is 0.0357. The minimum atomic E-state index is -1.31. The van der Waals surface area contributed by atoms with E-state index in [1.165, 1.54) is 18.2 Å². The van der Waals surface area contributed by atoms with E-state index in [4.69, 9.17) is 10.00 Å². The number of rotatable bonds is 2. The normalized spacial score (nSPS) is 16.9. The lowest BCUT2D eigenvalue weighted by Gasteiger charge is -2.29. The lowest BCUT2D eigenvalue weighted by atomic mass is 9.90. The Morgan fingerprint density at radius 1 is 1.29 bits per heavy atom. The lowest BCUT2D eigenvalue weighted by Crippen LogP contribution is -2.25. The molecule has 3 rings (SSSR count). The maximum Gasteiger partial charge on any atom is 0.270 e. The van der Waals surface area contributed by atoms with Crippen molar-refractivity contribution in [1.29, 1.82) is 5.26 Å². The van der Waals surface area contributed by atoms with Gasteiger partial charge in [-0.1, -0.05) is 24.3 Å². The van der Waals surface area contributed by atoms with Crippen LogP contribution < -0.4 is 4.74 Å². The number of benzene rings is 2. The standard InChI is InChI=1S/C15H10N2O4/c16-8-13(18)15-11-4-2-1-3-10(11)12-7-9(17(19)20)5-6-14(12)21-15/h1-7,13,15,18H. The van der Waals surface area contributed by atoms with Gasteiger partial charge < -0.3 is 9.84 Å². The summed E-state index contributed by atoms with van der Waals surface area (Å²) in [5.74, 6) is 0.415. The number of nitriles is 1. The summed E-state index contributed by atoms with van der Waals surface area (Å²) in [4.78, 5) is 10.4. The van der Waals surface area contributed by atoms with Crippen LogP contribution in [0.4, 0.5) is 5.69 Å². The largest absolute Gasteiger partial charge is 0.481 e. The van der Waals surface area contributed by atoms with Crippen molar-refractivity contribution in [3.05, 3.63) is 58.1 Å². The molecule has 6 heteroatoms. The molecular formula is C15H10N2O4. The van der Waals surface area contributed by atoms with Crippen LogP contribution in [-0.2, 0) is 0 Å². The second kappa shape index (κ2) is 4.89. The molecule has 0 aromatic heterocycles. The fraction of sp³-hybridized carbons (Fsp3) is 0.133. The van der Waals surface area contributed by atoms with Crippen molar-refractivity contribution in [2.75, 3.05) is 0 Å². The molecule has 2 aromatic rings. The molecule has 1 aliphatic heterocycles. The van der Waals surface area contributed by atoms with Gasteiger partial charge in [0.2, 0.25) is 0 Å². The maximum absolute atomic E-state index is 10.9. The van der Waals surface area contributed by atoms with E-state index in [2.05, 4.69) is 0 Å². The first-order valence-electron chi connectivity index (χ1n) is 6.24. The van der Waals surface area contributed by atoms with Crippen molar-refractivity contribution in [2.24, 2.45) is 0 Å². The third kappa shape index (κ3) is 2.10. The van der Waals surface area contributed by atoms with Crippen molar-refractivity contribution < 1.29 is 14.8 Å². The molecule has 2 aromatic carbocycles. The molecule has 0 saturated heterocycles. The molecule has 0 spiro atoms. The Bertz CT molecular complexity index is 767. The van der Waals surface area contributed by atoms with Crippen LogP contribution in [0, 0.1) is 21.4 Å². The Balaban J connectivity index is 2.19. The molecule has 0 radical (unpaired) electrons. The van der Waals surface area contributed by atoms with Gasteiger partial charge in [0.1, 0.15) is 5.75 Å². The number of aliphatic hydroxyl groups is 1. The number of non-ortho nitro benzene ring substituents is 1. The highest BCUT2D eigenvalue weighted by molar-refractivity contribution is 5.77. The number of hydrogen-bond acceptors (Lipinski definition) is 5. The molecule has 104 valence electrons. The average molecular weight is 282 g/mol. The number of hydrogen-bond donors (Lipinski definition) is 1. The quantitative estimate of drug-likeness (QED) is 0.518. The average Bonchev–Trinajstić information content (AvgIpc) is 2.52. The highest BCUT2D eigenvalue weighted by Gasteiger charge is 2.32. The molecular weight excluding hydrogens is 272 g/mol. The molecule has 6 nitrogen and oxygen atoms in total. The first-order chi connectivity index (χ1) is 10.1. The van der Waals surface area contributed by atoms with Crippen molar-refractivity contribution in [1.82, 2.24) is 0 Å². The lowest BCUT2D eigenvalue weighted by molar-refractivity contribution is -0.384. The summed E-state index contributed by atoms with van der Waals surface area (Å²) in [6, 6.07) is 13.1. The zero-order chi connectivity index (χ0) is 15.0. The van der Waals surface area contributed by atoms with Crippen molar-refractivity contribution >= 4 is 5.69 Å². The highest BCUT2D eigenvalue weighted by Crippen LogP contribution is 2.44. The summed E-state index contributed by atoms with van der Waals surface area (Å²) >= 11 is 0. The Morgan fingerprint density at radius 3 is 2.76 bits per heavy atom. The fourth-order valence-corrected chi connectivity index (χ4v) is 2.44. The Labute approximate surface area is 120 Å². The van der Waals surface area contributed by atoms with Gasteiger partial charge in [-0.25, -0.2) is 0 Å². The van der Waals surface area contributed by atoms with Gasteiger partial charge in [0.15, 0.2) is 12.2 Å². The molecule has 0 bridgehead atoms. The van der Waals surface area contributed by atoms with Gasteiger partial charge in [-0.3, -0.25) is 10.1 Å². The zero-order valence-corrected chi connectivity index (χ0v) is 10.8. The first kappa shape index (κ1) is 13.1. The molecule has 0 saturated carbocycles. The summed E-state index contributed by atoms with van der Waals surface area (Å²) in [5.41, 5.74) is 1.91. The third-order valence-electron chi connectivity index (χ3n) is 3.40. The first-order valence-corrected chi connectivity index (χ1v) is 6.24. The summed E-state index contributed by atoms with van der Waals surface area (Å²) in [6.45, 7) is 0. The second-order valence-electron chi connectivity index (χ2n) is 4.64. The number of nitro groups is 1. The van der Waals surface area contributed by atoms with Gasteiger partial charge in [0.25, 0.3) is 5.69 Å². The summed E-state index contributed by atoms with van der Waals surface area (Å²) in [7, 11) is 0. The number of nitrogens with zero attached hydrogens (tertiary/aromatic N) is 2. The summed E-state index contributed by atoms with van der Waals surface area (Å²) < 4.78 is 5.65. The predicted molar refractivity (Wildman–Crippen MR) is 73.5 cm³/mol. The van der Waals surface area contributed by atoms with E-state index in [0.717, 1.165) is 5.56 Å². The molecule has 21 heavy (non-hydrogen) atoms. The van der Waals surface area contributed by atoms with Crippen molar-refractivity contribution in [3.63, 3.8) is 0 Å². The van der Waals surface area contributed by atoms with E-state index in [1.807, 2.05) is 0 Å². The SMILES string of the molecule is N#CC(O)C1Oc2ccc([N+](=O)[O-])cc2-c2ccccc21. The summed E-state index contributed by atoms with van der Waals surface area (Å²) in [5, 5.41) is 29.6. The molecule has 0 aliphatic carbocycles. The molecule has 1 N–H and O–H groups in total. The van der Waals surface area contributed by atoms with Crippen molar-refractivity contribution in [3.8, 4) is 22.9 Å². The molecule has 0 amide bonds. The fourth-order valence-electron chi connectivity index (χ4n) is 2.44. The van der Waals surface area contributed by atoms with Crippen LogP contribution in [0.15, 0.2) is 42.5 Å². The van der Waals surface area contributed by atoms with E-state index in [9.17, 15) is 15.2 Å². The van der Waals surface area contributed by atoms with E-state index in [1.54, 1.807) is 30.3 Å². The predicted octanol–water partition coefficient (Wildman–Crippen LogP) is 2.58. The van der Waals surface area contributed by atoms with E-state index in [0.29, 0.717) is 16.9 Å². The van der Waals surface area contributed by atoms with Gasteiger partial charge in [0.05, 0.1) is 11.0 Å². The number of aliphatic hydroxyl groups excluding tert-OH is 1. The van der Waals surface area contributed by atoms with Gasteiger partial charge in [0, 0.05) is 23.3 Å². The topological polar surface area (TPSA) is 96.4 Å². The number of ether oxygens (including phenoxy) is 1. The van der Waals surface area contributed by atoms with E-state index >= 15 is 0 Å². The van der Waals surface area contributed by atoms with E-state index < -0.39 is 17.1 Å². The monoisotopic (exact) mass is 282 g/mol. The van der Waals surface area contributed by atoms with Crippen LogP contribution >= 0.6 is 0 Å². The smallest absolute Gasteiger partial charge is 0.270 e. The van der Waals surface area contributed by atoms with Gasteiger partial charge in [-0.05, 0) is 11.6 Å². The van der Waals surface area contributed by atoms with Gasteiger partial charge in [-0.2, -0.15) is 5.26 Å². The van der Waals surface area contributed by atoms with Gasteiger partial charge >= 0.3 is 0 Å². The van der Waals surface area contributed by atoms with Crippen LogP contribution in [0.2, 0.25) is 0 Å².